The van der Waals surface area contributed by atoms with Crippen LogP contribution in [-0.2, 0) is 0 Å². The minimum absolute atomic E-state index is 0.622. The van der Waals surface area contributed by atoms with Gasteiger partial charge < -0.3 is 0 Å². The lowest BCUT2D eigenvalue weighted by Crippen LogP contribution is -1.92. The second-order valence-electron chi connectivity index (χ2n) is 4.18. The summed E-state index contributed by atoms with van der Waals surface area (Å²) in [6.07, 6.45) is 9.45. The average Bonchev–Trinajstić information content (AvgIpc) is 2.47. The first-order valence-electron chi connectivity index (χ1n) is 6.28. The minimum Gasteiger partial charge on any atom is -0.255 e. The molecule has 0 atom stereocenters. The van der Waals surface area contributed by atoms with Crippen molar-refractivity contribution >= 4 is 17.2 Å². The molecule has 3 heteroatoms. The number of hydrogen-bond acceptors (Lipinski definition) is 2. The topological polar surface area (TPSA) is 25.8 Å². The molecule has 2 aromatic rings. The summed E-state index contributed by atoms with van der Waals surface area (Å²) in [6.45, 7) is 5.97. The molecule has 0 fully saturated rings. The lowest BCUT2D eigenvalue weighted by Gasteiger charge is -2.05. The van der Waals surface area contributed by atoms with Gasteiger partial charge in [0.1, 0.15) is 0 Å². The minimum atomic E-state index is 0.622. The lowest BCUT2D eigenvalue weighted by molar-refractivity contribution is 1.23. The van der Waals surface area contributed by atoms with E-state index in [0.717, 1.165) is 22.7 Å². The van der Waals surface area contributed by atoms with Gasteiger partial charge in [-0.3, -0.25) is 4.98 Å². The number of rotatable bonds is 4. The summed E-state index contributed by atoms with van der Waals surface area (Å²) in [5.41, 5.74) is 3.09. The zero-order valence-electron chi connectivity index (χ0n) is 11.3. The largest absolute Gasteiger partial charge is 0.255 e. The molecular weight excluding hydrogens is 268 g/mol. The maximum absolute atomic E-state index is 6.16. The fourth-order valence-corrected chi connectivity index (χ4v) is 1.88. The summed E-state index contributed by atoms with van der Waals surface area (Å²) in [5, 5.41) is 0.622. The Hall–Kier alpha value is -2.19. The summed E-state index contributed by atoms with van der Waals surface area (Å²) in [6, 6.07) is 9.30. The molecule has 0 bridgehead atoms. The number of hydrogen-bond donors (Lipinski definition) is 0. The highest BCUT2D eigenvalue weighted by Gasteiger charge is 2.06. The molecule has 0 aliphatic rings. The van der Waals surface area contributed by atoms with Crippen LogP contribution in [0.15, 0.2) is 67.4 Å². The van der Waals surface area contributed by atoms with E-state index < -0.39 is 0 Å². The Bertz CT molecular complexity index is 658. The van der Waals surface area contributed by atoms with Gasteiger partial charge in [-0.05, 0) is 36.8 Å². The highest BCUT2D eigenvalue weighted by atomic mass is 35.5. The Morgan fingerprint density at radius 1 is 1.20 bits per heavy atom. The zero-order valence-corrected chi connectivity index (χ0v) is 12.0. The van der Waals surface area contributed by atoms with Crippen LogP contribution in [0.25, 0.3) is 17.0 Å². The number of halogens is 1. The Morgan fingerprint density at radius 2 is 2.05 bits per heavy atom. The monoisotopic (exact) mass is 282 g/mol. The maximum atomic E-state index is 6.16. The summed E-state index contributed by atoms with van der Waals surface area (Å²) >= 11 is 6.16. The Labute approximate surface area is 124 Å². The van der Waals surface area contributed by atoms with Gasteiger partial charge in [0.2, 0.25) is 0 Å². The highest BCUT2D eigenvalue weighted by molar-refractivity contribution is 6.31. The van der Waals surface area contributed by atoms with E-state index in [1.807, 2.05) is 49.4 Å². The summed E-state index contributed by atoms with van der Waals surface area (Å²) in [7, 11) is 0. The number of aromatic nitrogens is 2. The molecule has 2 aromatic heterocycles. The van der Waals surface area contributed by atoms with E-state index in [0.29, 0.717) is 5.02 Å². The van der Waals surface area contributed by atoms with Crippen molar-refractivity contribution < 1.29 is 0 Å². The van der Waals surface area contributed by atoms with Gasteiger partial charge in [-0.1, -0.05) is 48.6 Å². The zero-order chi connectivity index (χ0) is 14.4. The molecular formula is C17H15ClN2. The molecule has 0 saturated carbocycles. The van der Waals surface area contributed by atoms with Crippen molar-refractivity contribution in [3.05, 3.63) is 78.1 Å². The van der Waals surface area contributed by atoms with Crippen LogP contribution in [0.2, 0.25) is 5.02 Å². The molecule has 0 saturated heterocycles. The van der Waals surface area contributed by atoms with Crippen molar-refractivity contribution in [3.8, 4) is 11.4 Å². The highest BCUT2D eigenvalue weighted by Crippen LogP contribution is 2.23. The molecule has 0 radical (unpaired) electrons. The van der Waals surface area contributed by atoms with Crippen LogP contribution in [0.1, 0.15) is 12.6 Å². The van der Waals surface area contributed by atoms with E-state index in [9.17, 15) is 0 Å². The van der Waals surface area contributed by atoms with Gasteiger partial charge in [0, 0.05) is 11.2 Å². The van der Waals surface area contributed by atoms with Crippen molar-refractivity contribution in [2.24, 2.45) is 0 Å². The van der Waals surface area contributed by atoms with Crippen molar-refractivity contribution in [1.29, 1.82) is 0 Å². The Kier molecular flexibility index (Phi) is 4.85. The molecule has 0 aliphatic carbocycles. The van der Waals surface area contributed by atoms with E-state index in [1.165, 1.54) is 0 Å². The number of nitrogens with zero attached hydrogens (tertiary/aromatic N) is 2. The van der Waals surface area contributed by atoms with Crippen molar-refractivity contribution in [2.45, 2.75) is 6.92 Å². The van der Waals surface area contributed by atoms with Crippen LogP contribution >= 0.6 is 11.6 Å². The third-order valence-corrected chi connectivity index (χ3v) is 2.87. The van der Waals surface area contributed by atoms with Gasteiger partial charge in [-0.2, -0.15) is 0 Å². The first kappa shape index (κ1) is 14.2. The van der Waals surface area contributed by atoms with Crippen molar-refractivity contribution in [2.75, 3.05) is 0 Å². The van der Waals surface area contributed by atoms with Crippen LogP contribution in [0.5, 0.6) is 0 Å². The summed E-state index contributed by atoms with van der Waals surface area (Å²) in [4.78, 5) is 8.85. The van der Waals surface area contributed by atoms with Gasteiger partial charge in [0.05, 0.1) is 17.1 Å². The van der Waals surface area contributed by atoms with E-state index >= 15 is 0 Å². The van der Waals surface area contributed by atoms with Crippen LogP contribution in [0.3, 0.4) is 0 Å². The quantitative estimate of drug-likeness (QED) is 0.742. The molecule has 0 aromatic carbocycles. The van der Waals surface area contributed by atoms with Crippen LogP contribution in [-0.4, -0.2) is 9.97 Å². The normalized spacial score (nSPS) is 11.3. The summed E-state index contributed by atoms with van der Waals surface area (Å²) in [5.74, 6) is 0. The smallest absolute Gasteiger partial charge is 0.0908 e. The van der Waals surface area contributed by atoms with Crippen molar-refractivity contribution in [1.82, 2.24) is 9.97 Å². The van der Waals surface area contributed by atoms with Gasteiger partial charge in [0.15, 0.2) is 0 Å². The standard InChI is InChI=1S/C17H15ClN2/c1-3-4-5-8-13(2)16-11-14(18)12-17(20-16)15-9-6-7-10-19-15/h3-12H,2H2,1H3/b4-3-,8-5-. The molecule has 2 nitrogen and oxygen atoms in total. The van der Waals surface area contributed by atoms with Gasteiger partial charge in [-0.25, -0.2) is 4.98 Å². The Balaban J connectivity index is 2.37. The molecule has 2 heterocycles. The Morgan fingerprint density at radius 3 is 2.75 bits per heavy atom. The first-order chi connectivity index (χ1) is 9.70. The molecule has 0 aliphatic heterocycles. The SMILES string of the molecule is C=C(/C=C\C=C/C)c1cc(Cl)cc(-c2ccccn2)n1. The van der Waals surface area contributed by atoms with Gasteiger partial charge in [0.25, 0.3) is 0 Å². The third kappa shape index (κ3) is 3.65. The molecule has 0 amide bonds. The predicted molar refractivity (Wildman–Crippen MR) is 85.5 cm³/mol. The third-order valence-electron chi connectivity index (χ3n) is 2.65. The van der Waals surface area contributed by atoms with Crippen LogP contribution in [0.4, 0.5) is 0 Å². The van der Waals surface area contributed by atoms with Gasteiger partial charge in [-0.15, -0.1) is 0 Å². The average molecular weight is 283 g/mol. The number of allylic oxidation sites excluding steroid dienone is 5. The predicted octanol–water partition coefficient (Wildman–Crippen LogP) is 4.94. The van der Waals surface area contributed by atoms with Crippen LogP contribution in [0, 0.1) is 0 Å². The molecule has 20 heavy (non-hydrogen) atoms. The maximum Gasteiger partial charge on any atom is 0.0908 e. The molecule has 100 valence electrons. The van der Waals surface area contributed by atoms with Crippen LogP contribution < -0.4 is 0 Å². The van der Waals surface area contributed by atoms with Gasteiger partial charge >= 0.3 is 0 Å². The molecule has 2 rings (SSSR count). The second kappa shape index (κ2) is 6.83. The summed E-state index contributed by atoms with van der Waals surface area (Å²) < 4.78 is 0. The second-order valence-corrected chi connectivity index (χ2v) is 4.62. The van der Waals surface area contributed by atoms with E-state index in [2.05, 4.69) is 16.5 Å². The first-order valence-corrected chi connectivity index (χ1v) is 6.66. The lowest BCUT2D eigenvalue weighted by atomic mass is 10.1. The van der Waals surface area contributed by atoms with E-state index in [-0.39, 0.29) is 0 Å². The van der Waals surface area contributed by atoms with Crippen molar-refractivity contribution in [3.63, 3.8) is 0 Å². The fourth-order valence-electron chi connectivity index (χ4n) is 1.68. The number of pyridine rings is 2. The molecule has 0 unspecified atom stereocenters. The fraction of sp³-hybridized carbons (Fsp3) is 0.0588. The molecule has 0 N–H and O–H groups in total. The van der Waals surface area contributed by atoms with E-state index in [4.69, 9.17) is 11.6 Å². The molecule has 0 spiro atoms. The van der Waals surface area contributed by atoms with E-state index in [1.54, 1.807) is 18.3 Å².